The van der Waals surface area contributed by atoms with Gasteiger partial charge in [-0.25, -0.2) is 4.98 Å². The lowest BCUT2D eigenvalue weighted by Gasteiger charge is -2.22. The van der Waals surface area contributed by atoms with E-state index < -0.39 is 0 Å². The second kappa shape index (κ2) is 11.3. The van der Waals surface area contributed by atoms with Crippen molar-refractivity contribution in [3.63, 3.8) is 0 Å². The van der Waals surface area contributed by atoms with Gasteiger partial charge >= 0.3 is 0 Å². The lowest BCUT2D eigenvalue weighted by molar-refractivity contribution is 0.222. The van der Waals surface area contributed by atoms with E-state index in [1.165, 1.54) is 11.1 Å². The third kappa shape index (κ3) is 5.64. The zero-order chi connectivity index (χ0) is 24.8. The summed E-state index contributed by atoms with van der Waals surface area (Å²) in [6.45, 7) is 10.3. The van der Waals surface area contributed by atoms with Gasteiger partial charge in [-0.2, -0.15) is 9.78 Å². The maximum atomic E-state index is 13.5. The van der Waals surface area contributed by atoms with Crippen LogP contribution >= 0.6 is 0 Å². The number of allylic oxidation sites excluding steroid dienone is 1. The first-order valence-corrected chi connectivity index (χ1v) is 12.6. The van der Waals surface area contributed by atoms with E-state index >= 15 is 0 Å². The molecule has 0 N–H and O–H groups in total. The van der Waals surface area contributed by atoms with Crippen LogP contribution in [-0.4, -0.2) is 28.6 Å². The van der Waals surface area contributed by atoms with Gasteiger partial charge in [0.25, 0.3) is 5.56 Å². The number of hydrogen-bond acceptors (Lipinski definition) is 5. The highest BCUT2D eigenvalue weighted by Gasteiger charge is 2.22. The fraction of sp³-hybridized carbons (Fsp3) is 0.414. The summed E-state index contributed by atoms with van der Waals surface area (Å²) < 4.78 is 13.5. The minimum atomic E-state index is -0.136. The van der Waals surface area contributed by atoms with Crippen molar-refractivity contribution in [3.05, 3.63) is 76.4 Å². The quantitative estimate of drug-likeness (QED) is 0.272. The van der Waals surface area contributed by atoms with Crippen molar-refractivity contribution in [1.29, 1.82) is 0 Å². The number of para-hydroxylation sites is 1. The Kier molecular flexibility index (Phi) is 8.01. The minimum absolute atomic E-state index is 0.0117. The summed E-state index contributed by atoms with van der Waals surface area (Å²) in [5.41, 5.74) is 2.39. The molecule has 6 nitrogen and oxygen atoms in total. The monoisotopic (exact) mass is 473 g/mol. The first-order valence-electron chi connectivity index (χ1n) is 12.6. The molecule has 0 radical (unpaired) electrons. The molecule has 6 heteroatoms. The number of fused-ring (bicyclic) bond motifs is 1. The van der Waals surface area contributed by atoms with Crippen LogP contribution in [0.25, 0.3) is 10.9 Å². The lowest BCUT2D eigenvalue weighted by Crippen LogP contribution is -2.25. The Balaban J connectivity index is 1.82. The Morgan fingerprint density at radius 1 is 1.20 bits per heavy atom. The van der Waals surface area contributed by atoms with E-state index in [9.17, 15) is 4.79 Å². The summed E-state index contributed by atoms with van der Waals surface area (Å²) in [5.74, 6) is 2.38. The average molecular weight is 474 g/mol. The molecule has 1 aromatic heterocycles. The zero-order valence-corrected chi connectivity index (χ0v) is 21.0. The second-order valence-corrected chi connectivity index (χ2v) is 9.28. The van der Waals surface area contributed by atoms with E-state index in [0.29, 0.717) is 24.2 Å². The van der Waals surface area contributed by atoms with E-state index in [2.05, 4.69) is 11.7 Å². The van der Waals surface area contributed by atoms with Crippen LogP contribution < -0.4 is 15.0 Å². The molecule has 184 valence electrons. The van der Waals surface area contributed by atoms with Crippen LogP contribution in [0.2, 0.25) is 0 Å². The van der Waals surface area contributed by atoms with Crippen LogP contribution in [0.3, 0.4) is 0 Å². The normalized spacial score (nSPS) is 14.6. The van der Waals surface area contributed by atoms with Gasteiger partial charge in [0.2, 0.25) is 0 Å². The molecule has 1 heterocycles. The highest BCUT2D eigenvalue weighted by molar-refractivity contribution is 5.82. The molecule has 0 saturated heterocycles. The summed E-state index contributed by atoms with van der Waals surface area (Å²) >= 11 is 0. The molecule has 0 unspecified atom stereocenters. The largest absolute Gasteiger partial charge is 0.490 e. The van der Waals surface area contributed by atoms with Gasteiger partial charge in [0, 0.05) is 11.5 Å². The topological polar surface area (TPSA) is 65.7 Å². The minimum Gasteiger partial charge on any atom is -0.490 e. The van der Waals surface area contributed by atoms with Crippen LogP contribution in [0.4, 0.5) is 0 Å². The number of ether oxygens (including phenoxy) is 2. The Bertz CT molecular complexity index is 1270. The second-order valence-electron chi connectivity index (χ2n) is 9.28. The van der Waals surface area contributed by atoms with Gasteiger partial charge in [-0.05, 0) is 69.9 Å². The number of benzene rings is 2. The zero-order valence-electron chi connectivity index (χ0n) is 21.0. The third-order valence-electron chi connectivity index (χ3n) is 6.24. The molecule has 1 aliphatic carbocycles. The molecule has 35 heavy (non-hydrogen) atoms. The maximum Gasteiger partial charge on any atom is 0.282 e. The Hall–Kier alpha value is -3.41. The van der Waals surface area contributed by atoms with Gasteiger partial charge in [0.1, 0.15) is 5.82 Å². The number of aromatic nitrogens is 2. The van der Waals surface area contributed by atoms with Gasteiger partial charge < -0.3 is 9.47 Å². The molecular weight excluding hydrogens is 438 g/mol. The molecule has 1 aliphatic rings. The van der Waals surface area contributed by atoms with E-state index in [1.54, 1.807) is 6.21 Å². The fourth-order valence-corrected chi connectivity index (χ4v) is 4.70. The summed E-state index contributed by atoms with van der Waals surface area (Å²) in [4.78, 5) is 18.4. The molecule has 1 saturated carbocycles. The predicted octanol–water partition coefficient (Wildman–Crippen LogP) is 6.24. The Labute approximate surface area is 207 Å². The van der Waals surface area contributed by atoms with Crippen LogP contribution in [0.15, 0.2) is 58.9 Å². The molecule has 0 aliphatic heterocycles. The van der Waals surface area contributed by atoms with Gasteiger partial charge in [-0.3, -0.25) is 4.79 Å². The van der Waals surface area contributed by atoms with E-state index in [0.717, 1.165) is 53.9 Å². The summed E-state index contributed by atoms with van der Waals surface area (Å²) in [6, 6.07) is 11.4. The molecule has 2 aromatic carbocycles. The van der Waals surface area contributed by atoms with E-state index in [1.807, 2.05) is 63.2 Å². The molecule has 0 amide bonds. The highest BCUT2D eigenvalue weighted by Crippen LogP contribution is 2.35. The lowest BCUT2D eigenvalue weighted by atomic mass is 9.88. The van der Waals surface area contributed by atoms with Crippen molar-refractivity contribution in [2.24, 2.45) is 5.10 Å². The first-order chi connectivity index (χ1) is 17.0. The van der Waals surface area contributed by atoms with E-state index in [4.69, 9.17) is 14.5 Å². The summed E-state index contributed by atoms with van der Waals surface area (Å²) in [7, 11) is 0. The van der Waals surface area contributed by atoms with Gasteiger partial charge in [-0.1, -0.05) is 37.5 Å². The predicted molar refractivity (Wildman–Crippen MR) is 142 cm³/mol. The molecule has 0 spiro atoms. The van der Waals surface area contributed by atoms with E-state index in [-0.39, 0.29) is 17.6 Å². The van der Waals surface area contributed by atoms with Gasteiger partial charge in [0.05, 0.1) is 29.8 Å². The third-order valence-corrected chi connectivity index (χ3v) is 6.24. The summed E-state index contributed by atoms with van der Waals surface area (Å²) in [6.07, 6.45) is 9.80. The van der Waals surface area contributed by atoms with Crippen molar-refractivity contribution >= 4 is 17.1 Å². The highest BCUT2D eigenvalue weighted by atomic mass is 16.5. The Morgan fingerprint density at radius 2 is 1.97 bits per heavy atom. The first kappa shape index (κ1) is 24.7. The number of rotatable bonds is 9. The van der Waals surface area contributed by atoms with Crippen molar-refractivity contribution in [1.82, 2.24) is 9.66 Å². The fourth-order valence-electron chi connectivity index (χ4n) is 4.70. The molecular formula is C29H35N3O3. The van der Waals surface area contributed by atoms with Crippen LogP contribution in [-0.2, 0) is 6.42 Å². The van der Waals surface area contributed by atoms with Crippen LogP contribution in [0.1, 0.15) is 75.7 Å². The Morgan fingerprint density at radius 3 is 2.69 bits per heavy atom. The average Bonchev–Trinajstić information content (AvgIpc) is 2.86. The number of nitrogens with zero attached hydrogens (tertiary/aromatic N) is 3. The molecule has 4 rings (SSSR count). The van der Waals surface area contributed by atoms with Gasteiger partial charge in [0.15, 0.2) is 11.5 Å². The number of hydrogen-bond donors (Lipinski definition) is 0. The van der Waals surface area contributed by atoms with Crippen molar-refractivity contribution in [3.8, 4) is 11.5 Å². The molecule has 0 atom stereocenters. The molecule has 3 aromatic rings. The van der Waals surface area contributed by atoms with Gasteiger partial charge in [-0.15, -0.1) is 6.58 Å². The van der Waals surface area contributed by atoms with Crippen molar-refractivity contribution < 1.29 is 9.47 Å². The standard InChI is InChI=1S/C29H35N3O3/c1-5-12-23-17-21(18-26(34-6-2)27(23)35-20(3)4)19-30-32-28(22-13-8-7-9-14-22)31-25-16-11-10-15-24(25)29(32)33/h5,10-11,15-20,22H,1,6-9,12-14H2,2-4H3. The molecule has 1 fully saturated rings. The van der Waals surface area contributed by atoms with Crippen LogP contribution in [0.5, 0.6) is 11.5 Å². The molecule has 0 bridgehead atoms. The van der Waals surface area contributed by atoms with Crippen molar-refractivity contribution in [2.75, 3.05) is 6.61 Å². The SMILES string of the molecule is C=CCc1cc(C=Nn2c(C3CCCCC3)nc3ccccc3c2=O)cc(OCC)c1OC(C)C. The van der Waals surface area contributed by atoms with Crippen LogP contribution in [0, 0.1) is 0 Å². The smallest absolute Gasteiger partial charge is 0.282 e. The summed E-state index contributed by atoms with van der Waals surface area (Å²) in [5, 5.41) is 5.26. The maximum absolute atomic E-state index is 13.5. The van der Waals surface area contributed by atoms with Crippen molar-refractivity contribution in [2.45, 2.75) is 71.3 Å².